The Kier molecular flexibility index (Phi) is 10.2. The first-order valence-electron chi connectivity index (χ1n) is 22.8. The highest BCUT2D eigenvalue weighted by Crippen LogP contribution is 2.53. The van der Waals surface area contributed by atoms with E-state index in [0.717, 1.165) is 89.8 Å². The molecular formula is C64H44N2O. The molecule has 0 N–H and O–H groups in total. The zero-order chi connectivity index (χ0) is 44.5. The Balaban J connectivity index is 1.06. The number of hydrogen-bond acceptors (Lipinski definition) is 3. The third kappa shape index (κ3) is 7.39. The number of ether oxygens (including phenoxy) is 1. The quantitative estimate of drug-likeness (QED) is 0.136. The number of rotatable bonds is 10. The topological polar surface area (TPSA) is 15.7 Å². The van der Waals surface area contributed by atoms with Crippen LogP contribution in [0.1, 0.15) is 0 Å². The van der Waals surface area contributed by atoms with Crippen molar-refractivity contribution in [3.63, 3.8) is 0 Å². The van der Waals surface area contributed by atoms with Crippen molar-refractivity contribution >= 4 is 44.9 Å². The average Bonchev–Trinajstić information content (AvgIpc) is 3.41. The summed E-state index contributed by atoms with van der Waals surface area (Å²) in [5.41, 5.74) is 17.9. The molecule has 0 spiro atoms. The minimum Gasteiger partial charge on any atom is -0.456 e. The molecule has 0 aliphatic carbocycles. The third-order valence-electron chi connectivity index (χ3n) is 12.8. The molecule has 0 fully saturated rings. The lowest BCUT2D eigenvalue weighted by Gasteiger charge is -2.31. The lowest BCUT2D eigenvalue weighted by Crippen LogP contribution is -2.12. The Morgan fingerprint density at radius 3 is 1.13 bits per heavy atom. The van der Waals surface area contributed by atoms with Gasteiger partial charge in [-0.1, -0.05) is 188 Å². The van der Waals surface area contributed by atoms with E-state index < -0.39 is 0 Å². The van der Waals surface area contributed by atoms with Crippen molar-refractivity contribution in [1.29, 1.82) is 0 Å². The summed E-state index contributed by atoms with van der Waals surface area (Å²) in [4.78, 5) is 4.71. The molecule has 0 saturated heterocycles. The number of benzene rings is 11. The molecule has 0 bridgehead atoms. The van der Waals surface area contributed by atoms with Gasteiger partial charge in [-0.25, -0.2) is 0 Å². The molecule has 12 rings (SSSR count). The Hall–Kier alpha value is -8.92. The van der Waals surface area contributed by atoms with E-state index in [4.69, 9.17) is 4.74 Å². The van der Waals surface area contributed by atoms with Gasteiger partial charge >= 0.3 is 0 Å². The van der Waals surface area contributed by atoms with Gasteiger partial charge in [0, 0.05) is 50.8 Å². The molecule has 0 aromatic heterocycles. The van der Waals surface area contributed by atoms with Gasteiger partial charge in [-0.3, -0.25) is 0 Å². The van der Waals surface area contributed by atoms with Gasteiger partial charge in [0.15, 0.2) is 0 Å². The maximum atomic E-state index is 7.00. The molecule has 67 heavy (non-hydrogen) atoms. The first-order valence-corrected chi connectivity index (χ1v) is 22.8. The van der Waals surface area contributed by atoms with Crippen LogP contribution in [0.15, 0.2) is 267 Å². The minimum absolute atomic E-state index is 0.826. The lowest BCUT2D eigenvalue weighted by atomic mass is 9.91. The summed E-state index contributed by atoms with van der Waals surface area (Å²) < 4.78 is 7.00. The Labute approximate surface area is 391 Å². The van der Waals surface area contributed by atoms with Crippen LogP contribution in [0.3, 0.4) is 0 Å². The van der Waals surface area contributed by atoms with Crippen LogP contribution in [-0.2, 0) is 0 Å². The van der Waals surface area contributed by atoms with Crippen LogP contribution >= 0.6 is 0 Å². The standard InChI is InChI=1S/C64H44N2O/c1-7-20-45(21-8-1)54-37-34-51(42-59(54)47-24-11-3-12-25-47)66(52-35-38-55(46-22-9-2-10-23-46)60(43-52)48-26-13-4-14-27-48)61-40-41-62-64-57(32-19-33-58(61)64)56-39-36-53(44-63(56)67-62)65(49-28-15-5-16-29-49)50-30-17-6-18-31-50/h1-44H. The molecule has 3 nitrogen and oxygen atoms in total. The van der Waals surface area contributed by atoms with E-state index in [-0.39, 0.29) is 0 Å². The van der Waals surface area contributed by atoms with Crippen molar-refractivity contribution in [2.45, 2.75) is 0 Å². The van der Waals surface area contributed by atoms with Crippen molar-refractivity contribution in [2.24, 2.45) is 0 Å². The lowest BCUT2D eigenvalue weighted by molar-refractivity contribution is 0.487. The van der Waals surface area contributed by atoms with Crippen LogP contribution in [0.5, 0.6) is 11.5 Å². The smallest absolute Gasteiger partial charge is 0.137 e. The summed E-state index contributed by atoms with van der Waals surface area (Å²) in [5.74, 6) is 1.66. The van der Waals surface area contributed by atoms with Gasteiger partial charge < -0.3 is 14.5 Å². The van der Waals surface area contributed by atoms with Gasteiger partial charge in [0.1, 0.15) is 11.5 Å². The van der Waals surface area contributed by atoms with Crippen LogP contribution in [0.4, 0.5) is 34.1 Å². The van der Waals surface area contributed by atoms with E-state index in [1.165, 1.54) is 22.3 Å². The molecular weight excluding hydrogens is 813 g/mol. The van der Waals surface area contributed by atoms with Gasteiger partial charge in [-0.05, 0) is 123 Å². The molecule has 11 aromatic carbocycles. The van der Waals surface area contributed by atoms with Crippen molar-refractivity contribution in [3.8, 4) is 67.1 Å². The van der Waals surface area contributed by atoms with E-state index in [1.807, 2.05) is 0 Å². The summed E-state index contributed by atoms with van der Waals surface area (Å²) in [6, 6.07) is 95.4. The van der Waals surface area contributed by atoms with Crippen molar-refractivity contribution in [3.05, 3.63) is 267 Å². The first kappa shape index (κ1) is 39.7. The van der Waals surface area contributed by atoms with E-state index in [1.54, 1.807) is 0 Å². The number of fused-ring (bicyclic) bond motifs is 2. The molecule has 0 saturated carbocycles. The zero-order valence-electron chi connectivity index (χ0n) is 36.7. The molecule has 11 aromatic rings. The Morgan fingerprint density at radius 2 is 0.657 bits per heavy atom. The van der Waals surface area contributed by atoms with E-state index in [2.05, 4.69) is 277 Å². The van der Waals surface area contributed by atoms with Crippen LogP contribution in [0.2, 0.25) is 0 Å². The molecule has 0 atom stereocenters. The van der Waals surface area contributed by atoms with E-state index >= 15 is 0 Å². The molecule has 0 unspecified atom stereocenters. The fraction of sp³-hybridized carbons (Fsp3) is 0. The second-order valence-electron chi connectivity index (χ2n) is 16.9. The fourth-order valence-electron chi connectivity index (χ4n) is 9.76. The van der Waals surface area contributed by atoms with Crippen molar-refractivity contribution in [1.82, 2.24) is 0 Å². The summed E-state index contributed by atoms with van der Waals surface area (Å²) in [6.07, 6.45) is 0. The predicted octanol–water partition coefficient (Wildman–Crippen LogP) is 18.2. The van der Waals surface area contributed by atoms with Gasteiger partial charge in [0.25, 0.3) is 0 Å². The highest BCUT2D eigenvalue weighted by Gasteiger charge is 2.27. The zero-order valence-corrected chi connectivity index (χ0v) is 36.7. The van der Waals surface area contributed by atoms with Gasteiger partial charge in [-0.15, -0.1) is 0 Å². The van der Waals surface area contributed by atoms with Crippen LogP contribution in [0, 0.1) is 0 Å². The monoisotopic (exact) mass is 856 g/mol. The van der Waals surface area contributed by atoms with E-state index in [0.29, 0.717) is 0 Å². The van der Waals surface area contributed by atoms with Crippen LogP contribution in [-0.4, -0.2) is 0 Å². The normalized spacial score (nSPS) is 11.4. The summed E-state index contributed by atoms with van der Waals surface area (Å²) in [5, 5.41) is 2.18. The molecule has 1 aliphatic rings. The largest absolute Gasteiger partial charge is 0.456 e. The van der Waals surface area contributed by atoms with E-state index in [9.17, 15) is 0 Å². The summed E-state index contributed by atoms with van der Waals surface area (Å²) in [7, 11) is 0. The van der Waals surface area contributed by atoms with Crippen molar-refractivity contribution < 1.29 is 4.74 Å². The fourth-order valence-corrected chi connectivity index (χ4v) is 9.76. The molecule has 316 valence electrons. The number of nitrogens with zero attached hydrogens (tertiary/aromatic N) is 2. The van der Waals surface area contributed by atoms with Crippen molar-refractivity contribution in [2.75, 3.05) is 9.80 Å². The molecule has 1 aliphatic heterocycles. The Bertz CT molecular complexity index is 3360. The third-order valence-corrected chi connectivity index (χ3v) is 12.8. The minimum atomic E-state index is 0.826. The number of anilines is 6. The highest BCUT2D eigenvalue weighted by atomic mass is 16.5. The molecule has 0 amide bonds. The molecule has 1 heterocycles. The molecule has 0 radical (unpaired) electrons. The van der Waals surface area contributed by atoms with Gasteiger partial charge in [-0.2, -0.15) is 0 Å². The second kappa shape index (κ2) is 17.2. The van der Waals surface area contributed by atoms with Gasteiger partial charge in [0.2, 0.25) is 0 Å². The predicted molar refractivity (Wildman–Crippen MR) is 281 cm³/mol. The Morgan fingerprint density at radius 1 is 0.239 bits per heavy atom. The molecule has 3 heteroatoms. The second-order valence-corrected chi connectivity index (χ2v) is 16.9. The first-order chi connectivity index (χ1) is 33.2. The summed E-state index contributed by atoms with van der Waals surface area (Å²) >= 11 is 0. The van der Waals surface area contributed by atoms with Gasteiger partial charge in [0.05, 0.1) is 5.69 Å². The maximum Gasteiger partial charge on any atom is 0.137 e. The highest BCUT2D eigenvalue weighted by molar-refractivity contribution is 6.11. The van der Waals surface area contributed by atoms with Crippen LogP contribution < -0.4 is 14.5 Å². The number of hydrogen-bond donors (Lipinski definition) is 0. The SMILES string of the molecule is c1ccc(-c2ccc(N(c3ccc(-c4ccccc4)c(-c4ccccc4)c3)c3ccc4c5c(cccc35)-c3ccc(N(c5ccccc5)c5ccccc5)cc3O4)cc2-c2ccccc2)cc1. The number of para-hydroxylation sites is 2. The average molecular weight is 857 g/mol. The maximum absolute atomic E-state index is 7.00. The van der Waals surface area contributed by atoms with Crippen LogP contribution in [0.25, 0.3) is 66.4 Å². The summed E-state index contributed by atoms with van der Waals surface area (Å²) in [6.45, 7) is 0.